The molecule has 0 amide bonds. The minimum atomic E-state index is -3.99. The number of sulfone groups is 1. The molecule has 18 heavy (non-hydrogen) atoms. The molecule has 0 aliphatic rings. The molecule has 0 aromatic heterocycles. The fourth-order valence-corrected chi connectivity index (χ4v) is 3.13. The van der Waals surface area contributed by atoms with Crippen molar-refractivity contribution in [2.45, 2.75) is 11.8 Å². The zero-order valence-corrected chi connectivity index (χ0v) is 11.0. The van der Waals surface area contributed by atoms with Gasteiger partial charge in [0, 0.05) is 5.02 Å². The molecule has 0 aliphatic heterocycles. The number of carbonyl (C=O) groups is 1. The van der Waals surface area contributed by atoms with Crippen molar-refractivity contribution in [2.24, 2.45) is 0 Å². The van der Waals surface area contributed by atoms with E-state index >= 15 is 0 Å². The summed E-state index contributed by atoms with van der Waals surface area (Å²) in [6.45, 7) is 4.89. The number of carboxylic acids is 1. The van der Waals surface area contributed by atoms with Crippen LogP contribution in [0.5, 0.6) is 0 Å². The molecule has 1 N–H and O–H groups in total. The third-order valence-electron chi connectivity index (χ3n) is 2.01. The van der Waals surface area contributed by atoms with Gasteiger partial charge in [0.2, 0.25) is 0 Å². The molecular formula is C11H10ClFO4S. The van der Waals surface area contributed by atoms with Gasteiger partial charge in [0.05, 0.1) is 11.3 Å². The van der Waals surface area contributed by atoms with Crippen LogP contribution in [-0.4, -0.2) is 25.2 Å². The molecule has 0 fully saturated rings. The predicted molar refractivity (Wildman–Crippen MR) is 65.2 cm³/mol. The van der Waals surface area contributed by atoms with Crippen LogP contribution in [0.1, 0.15) is 17.3 Å². The van der Waals surface area contributed by atoms with Crippen LogP contribution in [0.15, 0.2) is 29.2 Å². The first-order valence-electron chi connectivity index (χ1n) is 4.74. The van der Waals surface area contributed by atoms with Gasteiger partial charge in [-0.15, -0.1) is 0 Å². The van der Waals surface area contributed by atoms with E-state index in [1.807, 2.05) is 0 Å². The van der Waals surface area contributed by atoms with Gasteiger partial charge in [0.15, 0.2) is 15.7 Å². The van der Waals surface area contributed by atoms with E-state index in [1.165, 1.54) is 6.92 Å². The molecule has 1 rings (SSSR count). The second kappa shape index (κ2) is 5.07. The van der Waals surface area contributed by atoms with Gasteiger partial charge < -0.3 is 5.11 Å². The lowest BCUT2D eigenvalue weighted by molar-refractivity contribution is 0.0691. The molecule has 0 heterocycles. The fourth-order valence-electron chi connectivity index (χ4n) is 1.35. The van der Waals surface area contributed by atoms with Gasteiger partial charge in [-0.3, -0.25) is 0 Å². The van der Waals surface area contributed by atoms with E-state index in [0.717, 1.165) is 12.1 Å². The van der Waals surface area contributed by atoms with E-state index in [9.17, 15) is 17.6 Å². The summed E-state index contributed by atoms with van der Waals surface area (Å²) in [5, 5.41) is 8.59. The highest BCUT2D eigenvalue weighted by molar-refractivity contribution is 7.91. The molecule has 0 radical (unpaired) electrons. The summed E-state index contributed by atoms with van der Waals surface area (Å²) >= 11 is 5.59. The van der Waals surface area contributed by atoms with Crippen molar-refractivity contribution < 1.29 is 22.7 Å². The van der Waals surface area contributed by atoms with E-state index in [0.29, 0.717) is 5.57 Å². The van der Waals surface area contributed by atoms with Crippen molar-refractivity contribution in [1.29, 1.82) is 0 Å². The van der Waals surface area contributed by atoms with Gasteiger partial charge in [-0.1, -0.05) is 23.8 Å². The molecule has 1 aromatic carbocycles. The van der Waals surface area contributed by atoms with Crippen LogP contribution < -0.4 is 0 Å². The Labute approximate surface area is 109 Å². The van der Waals surface area contributed by atoms with Crippen LogP contribution in [0, 0.1) is 5.82 Å². The average Bonchev–Trinajstić information content (AvgIpc) is 2.18. The number of aromatic carboxylic acids is 1. The van der Waals surface area contributed by atoms with Crippen LogP contribution in [0.25, 0.3) is 0 Å². The standard InChI is InChI=1S/C11H10ClFO4S/c1-6(2)5-18(16,17)9-4-7(12)3-8(10(9)13)11(14)15/h3-4H,1,5H2,2H3,(H,14,15). The van der Waals surface area contributed by atoms with Crippen LogP contribution in [0.4, 0.5) is 4.39 Å². The lowest BCUT2D eigenvalue weighted by Crippen LogP contribution is -2.12. The molecule has 0 saturated carbocycles. The quantitative estimate of drug-likeness (QED) is 0.866. The molecule has 0 unspecified atom stereocenters. The van der Waals surface area contributed by atoms with E-state index < -0.39 is 37.8 Å². The zero-order valence-electron chi connectivity index (χ0n) is 9.41. The van der Waals surface area contributed by atoms with Crippen LogP contribution in [0.2, 0.25) is 5.02 Å². The second-order valence-corrected chi connectivity index (χ2v) is 6.18. The first-order valence-corrected chi connectivity index (χ1v) is 6.77. The van der Waals surface area contributed by atoms with Gasteiger partial charge in [-0.25, -0.2) is 17.6 Å². The Balaban J connectivity index is 3.51. The molecule has 7 heteroatoms. The Hall–Kier alpha value is -1.40. The molecule has 0 spiro atoms. The lowest BCUT2D eigenvalue weighted by Gasteiger charge is -2.08. The molecule has 1 aromatic rings. The summed E-state index contributed by atoms with van der Waals surface area (Å²) in [6, 6.07) is 1.75. The topological polar surface area (TPSA) is 71.4 Å². The number of hydrogen-bond acceptors (Lipinski definition) is 3. The van der Waals surface area contributed by atoms with Gasteiger partial charge in [-0.2, -0.15) is 0 Å². The lowest BCUT2D eigenvalue weighted by atomic mass is 10.2. The van der Waals surface area contributed by atoms with E-state index in [-0.39, 0.29) is 5.02 Å². The van der Waals surface area contributed by atoms with Crippen LogP contribution >= 0.6 is 11.6 Å². The summed E-state index contributed by atoms with van der Waals surface area (Å²) in [7, 11) is -3.99. The number of benzene rings is 1. The summed E-state index contributed by atoms with van der Waals surface area (Å²) in [5.41, 5.74) is -0.464. The van der Waals surface area contributed by atoms with Crippen molar-refractivity contribution in [2.75, 3.05) is 5.75 Å². The monoisotopic (exact) mass is 292 g/mol. The van der Waals surface area contributed by atoms with Gasteiger partial charge in [0.1, 0.15) is 4.90 Å². The largest absolute Gasteiger partial charge is 0.478 e. The predicted octanol–water partition coefficient (Wildman–Crippen LogP) is 2.53. The second-order valence-electron chi connectivity index (χ2n) is 3.79. The van der Waals surface area contributed by atoms with Gasteiger partial charge in [-0.05, 0) is 19.1 Å². The summed E-state index contributed by atoms with van der Waals surface area (Å²) < 4.78 is 37.5. The normalized spacial score (nSPS) is 11.3. The summed E-state index contributed by atoms with van der Waals surface area (Å²) in [5.74, 6) is -3.36. The van der Waals surface area contributed by atoms with Crippen molar-refractivity contribution in [1.82, 2.24) is 0 Å². The maximum Gasteiger partial charge on any atom is 0.338 e. The Kier molecular flexibility index (Phi) is 4.13. The summed E-state index contributed by atoms with van der Waals surface area (Å²) in [4.78, 5) is 10.0. The third-order valence-corrected chi connectivity index (χ3v) is 4.06. The minimum absolute atomic E-state index is 0.158. The van der Waals surface area contributed by atoms with Gasteiger partial charge in [0.25, 0.3) is 0 Å². The SMILES string of the molecule is C=C(C)CS(=O)(=O)c1cc(Cl)cc(C(=O)O)c1F. The molecule has 0 saturated heterocycles. The van der Waals surface area contributed by atoms with Crippen molar-refractivity contribution >= 4 is 27.4 Å². The molecule has 4 nitrogen and oxygen atoms in total. The Bertz CT molecular complexity index is 622. The van der Waals surface area contributed by atoms with Crippen LogP contribution in [-0.2, 0) is 9.84 Å². The van der Waals surface area contributed by atoms with E-state index in [4.69, 9.17) is 16.7 Å². The van der Waals surface area contributed by atoms with Crippen LogP contribution in [0.3, 0.4) is 0 Å². The highest BCUT2D eigenvalue weighted by Gasteiger charge is 2.25. The number of rotatable bonds is 4. The molecule has 98 valence electrons. The maximum absolute atomic E-state index is 13.8. The molecule has 0 atom stereocenters. The summed E-state index contributed by atoms with van der Waals surface area (Å²) in [6.07, 6.45) is 0. The molecule has 0 aliphatic carbocycles. The Morgan fingerprint density at radius 2 is 2.06 bits per heavy atom. The minimum Gasteiger partial charge on any atom is -0.478 e. The Morgan fingerprint density at radius 1 is 1.50 bits per heavy atom. The number of carboxylic acid groups (broad SMARTS) is 1. The zero-order chi connectivity index (χ0) is 14.1. The smallest absolute Gasteiger partial charge is 0.338 e. The number of halogens is 2. The first kappa shape index (κ1) is 14.7. The van der Waals surface area contributed by atoms with E-state index in [2.05, 4.69) is 6.58 Å². The Morgan fingerprint density at radius 3 is 2.50 bits per heavy atom. The highest BCUT2D eigenvalue weighted by atomic mass is 35.5. The van der Waals surface area contributed by atoms with Crippen molar-refractivity contribution in [3.8, 4) is 0 Å². The number of hydrogen-bond donors (Lipinski definition) is 1. The van der Waals surface area contributed by atoms with Crippen molar-refractivity contribution in [3.63, 3.8) is 0 Å². The fraction of sp³-hybridized carbons (Fsp3) is 0.182. The first-order chi connectivity index (χ1) is 8.15. The maximum atomic E-state index is 13.8. The molecule has 0 bridgehead atoms. The molecular weight excluding hydrogens is 283 g/mol. The van der Waals surface area contributed by atoms with Gasteiger partial charge >= 0.3 is 5.97 Å². The highest BCUT2D eigenvalue weighted by Crippen LogP contribution is 2.25. The average molecular weight is 293 g/mol. The van der Waals surface area contributed by atoms with Crippen molar-refractivity contribution in [3.05, 3.63) is 40.7 Å². The van der Waals surface area contributed by atoms with E-state index in [1.54, 1.807) is 0 Å². The third kappa shape index (κ3) is 3.08.